The number of hydrogen-bond acceptors (Lipinski definition) is 5. The van der Waals surface area contributed by atoms with Crippen LogP contribution in [-0.4, -0.2) is 42.6 Å². The Morgan fingerprint density at radius 1 is 1.15 bits per heavy atom. The van der Waals surface area contributed by atoms with E-state index in [0.29, 0.717) is 19.4 Å². The molecule has 1 aliphatic heterocycles. The lowest BCUT2D eigenvalue weighted by atomic mass is 9.57. The van der Waals surface area contributed by atoms with E-state index in [4.69, 9.17) is 9.47 Å². The molecule has 0 amide bonds. The first-order chi connectivity index (χ1) is 12.2. The molecule has 1 heterocycles. The molecule has 1 aliphatic carbocycles. The average molecular weight is 359 g/mol. The monoisotopic (exact) mass is 359 g/mol. The van der Waals surface area contributed by atoms with Gasteiger partial charge in [0.2, 0.25) is 0 Å². The van der Waals surface area contributed by atoms with Crippen LogP contribution in [0.2, 0.25) is 0 Å². The maximum atomic E-state index is 12.4. The summed E-state index contributed by atoms with van der Waals surface area (Å²) >= 11 is 0. The van der Waals surface area contributed by atoms with Crippen LogP contribution < -0.4 is 0 Å². The zero-order valence-corrected chi connectivity index (χ0v) is 16.2. The fourth-order valence-electron chi connectivity index (χ4n) is 4.39. The summed E-state index contributed by atoms with van der Waals surface area (Å²) in [6, 6.07) is 10.3. The van der Waals surface area contributed by atoms with Crippen molar-refractivity contribution >= 4 is 11.9 Å². The molecule has 0 bridgehead atoms. The highest BCUT2D eigenvalue weighted by atomic mass is 16.6. The molecule has 1 aromatic carbocycles. The molecule has 1 saturated heterocycles. The molecule has 2 fully saturated rings. The largest absolute Gasteiger partial charge is 0.469 e. The molecule has 26 heavy (non-hydrogen) atoms. The molecule has 1 atom stereocenters. The minimum absolute atomic E-state index is 0.113. The number of benzene rings is 1. The fraction of sp³-hybridized carbons (Fsp3) is 0.619. The highest BCUT2D eigenvalue weighted by molar-refractivity contribution is 5.78. The Bertz CT molecular complexity index is 658. The third-order valence-corrected chi connectivity index (χ3v) is 5.50. The van der Waals surface area contributed by atoms with Gasteiger partial charge in [0, 0.05) is 19.6 Å². The maximum Gasteiger partial charge on any atom is 0.310 e. The van der Waals surface area contributed by atoms with Crippen molar-refractivity contribution in [2.24, 2.45) is 17.3 Å². The lowest BCUT2D eigenvalue weighted by Gasteiger charge is -2.47. The Kier molecular flexibility index (Phi) is 5.11. The number of rotatable bonds is 4. The number of carbonyl (C=O) groups excluding carboxylic acids is 2. The molecular weight excluding hydrogens is 330 g/mol. The molecule has 1 unspecified atom stereocenters. The van der Waals surface area contributed by atoms with Crippen molar-refractivity contribution in [2.75, 3.05) is 20.2 Å². The Morgan fingerprint density at radius 2 is 1.81 bits per heavy atom. The van der Waals surface area contributed by atoms with E-state index in [9.17, 15) is 9.59 Å². The van der Waals surface area contributed by atoms with E-state index >= 15 is 0 Å². The lowest BCUT2D eigenvalue weighted by molar-refractivity contribution is -0.173. The van der Waals surface area contributed by atoms with Crippen LogP contribution in [-0.2, 0) is 25.6 Å². The number of carbonyl (C=O) groups is 2. The Balaban J connectivity index is 1.67. The SMILES string of the molecule is COC(=O)C1CN(Cc2ccccc2)CC12CC(C(=O)OC(C)(C)C)C2. The summed E-state index contributed by atoms with van der Waals surface area (Å²) < 4.78 is 10.6. The van der Waals surface area contributed by atoms with Crippen molar-refractivity contribution in [3.05, 3.63) is 35.9 Å². The molecule has 1 aromatic rings. The third-order valence-electron chi connectivity index (χ3n) is 5.50. The standard InChI is InChI=1S/C21H29NO4/c1-20(2,3)26-18(23)16-10-21(11-16)14-22(13-17(21)19(24)25-4)12-15-8-6-5-7-9-15/h5-9,16-17H,10-14H2,1-4H3. The van der Waals surface area contributed by atoms with Gasteiger partial charge in [-0.05, 0) is 44.6 Å². The fourth-order valence-corrected chi connectivity index (χ4v) is 4.39. The summed E-state index contributed by atoms with van der Waals surface area (Å²) in [4.78, 5) is 27.0. The van der Waals surface area contributed by atoms with E-state index < -0.39 is 5.60 Å². The van der Waals surface area contributed by atoms with Crippen molar-refractivity contribution < 1.29 is 19.1 Å². The van der Waals surface area contributed by atoms with E-state index in [0.717, 1.165) is 13.1 Å². The van der Waals surface area contributed by atoms with E-state index in [-0.39, 0.29) is 29.2 Å². The molecule has 0 radical (unpaired) electrons. The molecule has 142 valence electrons. The molecule has 5 nitrogen and oxygen atoms in total. The molecule has 5 heteroatoms. The predicted molar refractivity (Wildman–Crippen MR) is 98.2 cm³/mol. The predicted octanol–water partition coefficient (Wildman–Crippen LogP) is 3.03. The summed E-state index contributed by atoms with van der Waals surface area (Å²) in [6.45, 7) is 7.96. The average Bonchev–Trinajstić information content (AvgIpc) is 2.91. The third kappa shape index (κ3) is 3.93. The van der Waals surface area contributed by atoms with Crippen LogP contribution in [0.4, 0.5) is 0 Å². The van der Waals surface area contributed by atoms with Gasteiger partial charge < -0.3 is 9.47 Å². The molecule has 1 spiro atoms. The molecule has 0 N–H and O–H groups in total. The second-order valence-electron chi connectivity index (χ2n) is 8.73. The topological polar surface area (TPSA) is 55.8 Å². The minimum atomic E-state index is -0.476. The highest BCUT2D eigenvalue weighted by Gasteiger charge is 2.59. The van der Waals surface area contributed by atoms with Crippen molar-refractivity contribution in [3.8, 4) is 0 Å². The number of likely N-dealkylation sites (tertiary alicyclic amines) is 1. The van der Waals surface area contributed by atoms with Gasteiger partial charge in [0.15, 0.2) is 0 Å². The van der Waals surface area contributed by atoms with Crippen LogP contribution >= 0.6 is 0 Å². The van der Waals surface area contributed by atoms with Gasteiger partial charge in [-0.15, -0.1) is 0 Å². The van der Waals surface area contributed by atoms with Crippen LogP contribution in [0.3, 0.4) is 0 Å². The van der Waals surface area contributed by atoms with Gasteiger partial charge in [-0.1, -0.05) is 30.3 Å². The number of methoxy groups -OCH3 is 1. The van der Waals surface area contributed by atoms with Gasteiger partial charge in [0.1, 0.15) is 5.60 Å². The van der Waals surface area contributed by atoms with Gasteiger partial charge in [0.25, 0.3) is 0 Å². The molecule has 3 rings (SSSR count). The van der Waals surface area contributed by atoms with Gasteiger partial charge in [-0.2, -0.15) is 0 Å². The summed E-state index contributed by atoms with van der Waals surface area (Å²) in [5.41, 5.74) is 0.594. The molecular formula is C21H29NO4. The quantitative estimate of drug-likeness (QED) is 0.774. The van der Waals surface area contributed by atoms with E-state index in [1.165, 1.54) is 12.7 Å². The second kappa shape index (κ2) is 7.03. The van der Waals surface area contributed by atoms with Crippen LogP contribution in [0.15, 0.2) is 30.3 Å². The summed E-state index contributed by atoms with van der Waals surface area (Å²) in [5, 5.41) is 0. The van der Waals surface area contributed by atoms with Crippen LogP contribution in [0, 0.1) is 17.3 Å². The molecule has 1 saturated carbocycles. The molecule has 0 aromatic heterocycles. The zero-order chi connectivity index (χ0) is 18.9. The number of esters is 2. The second-order valence-corrected chi connectivity index (χ2v) is 8.73. The van der Waals surface area contributed by atoms with Gasteiger partial charge in [0.05, 0.1) is 18.9 Å². The van der Waals surface area contributed by atoms with Crippen molar-refractivity contribution in [1.29, 1.82) is 0 Å². The van der Waals surface area contributed by atoms with Crippen molar-refractivity contribution in [2.45, 2.75) is 45.8 Å². The normalized spacial score (nSPS) is 28.6. The maximum absolute atomic E-state index is 12.4. The summed E-state index contributed by atoms with van der Waals surface area (Å²) in [7, 11) is 1.44. The smallest absolute Gasteiger partial charge is 0.310 e. The number of nitrogens with zero attached hydrogens (tertiary/aromatic N) is 1. The summed E-state index contributed by atoms with van der Waals surface area (Å²) in [6.07, 6.45) is 1.40. The van der Waals surface area contributed by atoms with Crippen LogP contribution in [0.25, 0.3) is 0 Å². The van der Waals surface area contributed by atoms with E-state index in [1.54, 1.807) is 0 Å². The van der Waals surface area contributed by atoms with E-state index in [1.807, 2.05) is 39.0 Å². The Hall–Kier alpha value is -1.88. The van der Waals surface area contributed by atoms with Crippen molar-refractivity contribution in [1.82, 2.24) is 4.90 Å². The highest BCUT2D eigenvalue weighted by Crippen LogP contribution is 2.55. The van der Waals surface area contributed by atoms with Crippen molar-refractivity contribution in [3.63, 3.8) is 0 Å². The first-order valence-corrected chi connectivity index (χ1v) is 9.29. The minimum Gasteiger partial charge on any atom is -0.469 e. The Morgan fingerprint density at radius 3 is 2.38 bits per heavy atom. The Labute approximate surface area is 155 Å². The van der Waals surface area contributed by atoms with Gasteiger partial charge in [-0.25, -0.2) is 0 Å². The van der Waals surface area contributed by atoms with Gasteiger partial charge in [-0.3, -0.25) is 14.5 Å². The zero-order valence-electron chi connectivity index (χ0n) is 16.2. The molecule has 2 aliphatic rings. The number of hydrogen-bond donors (Lipinski definition) is 0. The number of ether oxygens (including phenoxy) is 2. The first kappa shape index (κ1) is 18.9. The van der Waals surface area contributed by atoms with Crippen LogP contribution in [0.1, 0.15) is 39.2 Å². The summed E-state index contributed by atoms with van der Waals surface area (Å²) in [5.74, 6) is -0.593. The lowest BCUT2D eigenvalue weighted by Crippen LogP contribution is -2.50. The van der Waals surface area contributed by atoms with Gasteiger partial charge >= 0.3 is 11.9 Å². The van der Waals surface area contributed by atoms with E-state index in [2.05, 4.69) is 17.0 Å². The van der Waals surface area contributed by atoms with Crippen LogP contribution in [0.5, 0.6) is 0 Å². The first-order valence-electron chi connectivity index (χ1n) is 9.29.